The Morgan fingerprint density at radius 3 is 2.74 bits per heavy atom. The van der Waals surface area contributed by atoms with E-state index in [-0.39, 0.29) is 0 Å². The minimum Gasteiger partial charge on any atom is -0.314 e. The first kappa shape index (κ1) is 15.2. The van der Waals surface area contributed by atoms with Gasteiger partial charge in [0.05, 0.1) is 10.0 Å². The second-order valence-corrected chi connectivity index (χ2v) is 6.39. The predicted octanol–water partition coefficient (Wildman–Crippen LogP) is 5.09. The molecule has 106 valence electrons. The Hall–Kier alpha value is -0.240. The zero-order chi connectivity index (χ0) is 13.7. The van der Waals surface area contributed by atoms with Crippen molar-refractivity contribution in [3.63, 3.8) is 0 Å². The van der Waals surface area contributed by atoms with Crippen LogP contribution in [0.15, 0.2) is 18.2 Å². The highest BCUT2D eigenvalue weighted by atomic mass is 35.5. The number of hydrogen-bond donors (Lipinski definition) is 1. The van der Waals surface area contributed by atoms with E-state index in [0.29, 0.717) is 11.1 Å². The molecule has 1 saturated carbocycles. The van der Waals surface area contributed by atoms with E-state index < -0.39 is 0 Å². The fourth-order valence-electron chi connectivity index (χ4n) is 2.69. The number of hydrogen-bond acceptors (Lipinski definition) is 1. The van der Waals surface area contributed by atoms with Crippen LogP contribution in [0.4, 0.5) is 0 Å². The number of halogens is 2. The van der Waals surface area contributed by atoms with Crippen molar-refractivity contribution in [2.75, 3.05) is 6.54 Å². The molecule has 1 nitrogen and oxygen atoms in total. The van der Waals surface area contributed by atoms with Crippen molar-refractivity contribution in [1.82, 2.24) is 5.32 Å². The normalized spacial score (nSPS) is 17.2. The molecular formula is C16H23Cl2N. The van der Waals surface area contributed by atoms with Crippen LogP contribution in [-0.2, 0) is 6.42 Å². The largest absolute Gasteiger partial charge is 0.314 e. The smallest absolute Gasteiger partial charge is 0.0624 e. The molecule has 0 heterocycles. The van der Waals surface area contributed by atoms with E-state index in [1.165, 1.54) is 37.7 Å². The summed E-state index contributed by atoms with van der Waals surface area (Å²) >= 11 is 12.4. The average molecular weight is 300 g/mol. The molecule has 2 rings (SSSR count). The third-order valence-electron chi connectivity index (χ3n) is 4.02. The molecule has 1 aliphatic rings. The molecule has 1 aromatic rings. The lowest BCUT2D eigenvalue weighted by Gasteiger charge is -2.30. The molecule has 0 bridgehead atoms. The highest BCUT2D eigenvalue weighted by Crippen LogP contribution is 2.32. The van der Waals surface area contributed by atoms with Gasteiger partial charge < -0.3 is 5.32 Å². The minimum absolute atomic E-state index is 0.529. The summed E-state index contributed by atoms with van der Waals surface area (Å²) in [5.41, 5.74) is 1.17. The molecule has 1 atom stereocenters. The monoisotopic (exact) mass is 299 g/mol. The van der Waals surface area contributed by atoms with Crippen LogP contribution in [0.3, 0.4) is 0 Å². The molecule has 1 aliphatic carbocycles. The minimum atomic E-state index is 0.529. The second-order valence-electron chi connectivity index (χ2n) is 5.60. The lowest BCUT2D eigenvalue weighted by atomic mass is 9.80. The maximum atomic E-state index is 6.30. The van der Waals surface area contributed by atoms with E-state index in [4.69, 9.17) is 23.2 Å². The van der Waals surface area contributed by atoms with Crippen molar-refractivity contribution < 1.29 is 0 Å². The average Bonchev–Trinajstić information content (AvgIpc) is 2.35. The van der Waals surface area contributed by atoms with Gasteiger partial charge in [-0.1, -0.05) is 61.5 Å². The maximum absolute atomic E-state index is 6.30. The summed E-state index contributed by atoms with van der Waals surface area (Å²) in [6.07, 6.45) is 7.62. The number of rotatable bonds is 7. The van der Waals surface area contributed by atoms with Crippen molar-refractivity contribution in [3.05, 3.63) is 33.8 Å². The first-order valence-electron chi connectivity index (χ1n) is 7.37. The zero-order valence-corrected chi connectivity index (χ0v) is 13.1. The number of benzene rings is 1. The zero-order valence-electron chi connectivity index (χ0n) is 11.6. The first-order chi connectivity index (χ1) is 9.20. The summed E-state index contributed by atoms with van der Waals surface area (Å²) in [5, 5.41) is 5.05. The Bertz CT molecular complexity index is 402. The van der Waals surface area contributed by atoms with Crippen LogP contribution < -0.4 is 5.32 Å². The van der Waals surface area contributed by atoms with Gasteiger partial charge in [-0.3, -0.25) is 0 Å². The van der Waals surface area contributed by atoms with E-state index in [0.717, 1.165) is 23.9 Å². The van der Waals surface area contributed by atoms with Gasteiger partial charge in [0.1, 0.15) is 0 Å². The molecular weight excluding hydrogens is 277 g/mol. The van der Waals surface area contributed by atoms with Gasteiger partial charge in [-0.25, -0.2) is 0 Å². The molecule has 0 saturated heterocycles. The van der Waals surface area contributed by atoms with E-state index in [1.54, 1.807) is 0 Å². The fourth-order valence-corrected chi connectivity index (χ4v) is 3.09. The third kappa shape index (κ3) is 4.37. The van der Waals surface area contributed by atoms with Crippen LogP contribution in [-0.4, -0.2) is 12.6 Å². The topological polar surface area (TPSA) is 12.0 Å². The summed E-state index contributed by atoms with van der Waals surface area (Å²) in [4.78, 5) is 0. The molecule has 19 heavy (non-hydrogen) atoms. The van der Waals surface area contributed by atoms with Gasteiger partial charge in [-0.15, -0.1) is 0 Å². The van der Waals surface area contributed by atoms with Gasteiger partial charge in [-0.05, 0) is 43.4 Å². The molecule has 3 heteroatoms. The fraction of sp³-hybridized carbons (Fsp3) is 0.625. The van der Waals surface area contributed by atoms with Gasteiger partial charge in [0.2, 0.25) is 0 Å². The molecule has 1 aromatic carbocycles. The third-order valence-corrected chi connectivity index (χ3v) is 4.88. The van der Waals surface area contributed by atoms with E-state index in [9.17, 15) is 0 Å². The van der Waals surface area contributed by atoms with E-state index in [1.807, 2.05) is 12.1 Å². The Labute approximate surface area is 126 Å². The predicted molar refractivity (Wildman–Crippen MR) is 84.2 cm³/mol. The lowest BCUT2D eigenvalue weighted by Crippen LogP contribution is -2.35. The van der Waals surface area contributed by atoms with Crippen LogP contribution in [0.5, 0.6) is 0 Å². The van der Waals surface area contributed by atoms with Crippen LogP contribution in [0.25, 0.3) is 0 Å². The highest BCUT2D eigenvalue weighted by molar-refractivity contribution is 6.42. The summed E-state index contributed by atoms with van der Waals surface area (Å²) in [6.45, 7) is 3.29. The molecule has 1 unspecified atom stereocenters. The Kier molecular flexibility index (Phi) is 6.00. The Morgan fingerprint density at radius 1 is 1.32 bits per heavy atom. The Morgan fingerprint density at radius 2 is 2.11 bits per heavy atom. The van der Waals surface area contributed by atoms with Crippen molar-refractivity contribution >= 4 is 23.2 Å². The molecule has 0 aliphatic heterocycles. The highest BCUT2D eigenvalue weighted by Gasteiger charge is 2.22. The second kappa shape index (κ2) is 7.52. The van der Waals surface area contributed by atoms with Gasteiger partial charge in [0.15, 0.2) is 0 Å². The molecule has 0 spiro atoms. The van der Waals surface area contributed by atoms with Crippen LogP contribution in [0, 0.1) is 5.92 Å². The SMILES string of the molecule is CCCNC(Cc1cccc(Cl)c1Cl)CC1CCC1. The lowest BCUT2D eigenvalue weighted by molar-refractivity contribution is 0.259. The summed E-state index contributed by atoms with van der Waals surface area (Å²) in [7, 11) is 0. The summed E-state index contributed by atoms with van der Waals surface area (Å²) in [6, 6.07) is 6.47. The summed E-state index contributed by atoms with van der Waals surface area (Å²) in [5.74, 6) is 0.910. The summed E-state index contributed by atoms with van der Waals surface area (Å²) < 4.78 is 0. The van der Waals surface area contributed by atoms with Crippen molar-refractivity contribution in [2.45, 2.75) is 51.5 Å². The quantitative estimate of drug-likeness (QED) is 0.739. The standard InChI is InChI=1S/C16H23Cl2N/c1-2-9-19-14(10-12-5-3-6-12)11-13-7-4-8-15(17)16(13)18/h4,7-8,12,14,19H,2-3,5-6,9-11H2,1H3. The van der Waals surface area contributed by atoms with Crippen molar-refractivity contribution in [2.24, 2.45) is 5.92 Å². The van der Waals surface area contributed by atoms with E-state index >= 15 is 0 Å². The first-order valence-corrected chi connectivity index (χ1v) is 8.12. The molecule has 1 fully saturated rings. The van der Waals surface area contributed by atoms with Crippen LogP contribution >= 0.6 is 23.2 Å². The van der Waals surface area contributed by atoms with Gasteiger partial charge in [0.25, 0.3) is 0 Å². The maximum Gasteiger partial charge on any atom is 0.0624 e. The van der Waals surface area contributed by atoms with Crippen molar-refractivity contribution in [3.8, 4) is 0 Å². The van der Waals surface area contributed by atoms with Gasteiger partial charge in [-0.2, -0.15) is 0 Å². The van der Waals surface area contributed by atoms with Gasteiger partial charge in [0, 0.05) is 6.04 Å². The van der Waals surface area contributed by atoms with E-state index in [2.05, 4.69) is 18.3 Å². The van der Waals surface area contributed by atoms with Crippen LogP contribution in [0.2, 0.25) is 10.0 Å². The molecule has 0 amide bonds. The molecule has 0 radical (unpaired) electrons. The van der Waals surface area contributed by atoms with Crippen LogP contribution in [0.1, 0.15) is 44.6 Å². The molecule has 0 aromatic heterocycles. The number of nitrogens with one attached hydrogen (secondary N) is 1. The molecule has 1 N–H and O–H groups in total. The Balaban J connectivity index is 1.98. The van der Waals surface area contributed by atoms with Gasteiger partial charge >= 0.3 is 0 Å². The van der Waals surface area contributed by atoms with Crippen molar-refractivity contribution in [1.29, 1.82) is 0 Å².